The summed E-state index contributed by atoms with van der Waals surface area (Å²) in [6, 6.07) is 5.37. The number of carbonyl (C=O) groups is 1. The van der Waals surface area contributed by atoms with Crippen LogP contribution in [0.15, 0.2) is 23.4 Å². The second kappa shape index (κ2) is 7.40. The van der Waals surface area contributed by atoms with Gasteiger partial charge in [0.2, 0.25) is 0 Å². The number of rotatable bonds is 6. The molecule has 0 aliphatic carbocycles. The van der Waals surface area contributed by atoms with Crippen molar-refractivity contribution >= 4 is 17.7 Å². The quantitative estimate of drug-likeness (QED) is 0.604. The smallest absolute Gasteiger partial charge is 0.271 e. The molecule has 2 aromatic rings. The molecule has 0 spiro atoms. The molecule has 0 aliphatic heterocycles. The fraction of sp³-hybridized carbons (Fsp3) is 0.467. The van der Waals surface area contributed by atoms with Gasteiger partial charge in [0.1, 0.15) is 11.4 Å². The molecule has 22 heavy (non-hydrogen) atoms. The molecule has 0 radical (unpaired) electrons. The van der Waals surface area contributed by atoms with Crippen molar-refractivity contribution in [2.75, 3.05) is 19.8 Å². The molecule has 0 saturated carbocycles. The number of amides is 1. The molecular formula is C15H21N5OS. The van der Waals surface area contributed by atoms with Crippen LogP contribution in [0.4, 0.5) is 0 Å². The average molecular weight is 319 g/mol. The summed E-state index contributed by atoms with van der Waals surface area (Å²) in [6.07, 6.45) is 2.31. The summed E-state index contributed by atoms with van der Waals surface area (Å²) in [5.41, 5.74) is 1.07. The van der Waals surface area contributed by atoms with Gasteiger partial charge in [-0.05, 0) is 18.6 Å². The van der Waals surface area contributed by atoms with E-state index in [4.69, 9.17) is 0 Å². The van der Waals surface area contributed by atoms with Crippen molar-refractivity contribution in [3.8, 4) is 11.5 Å². The summed E-state index contributed by atoms with van der Waals surface area (Å²) >= 11 is 1.69. The highest BCUT2D eigenvalue weighted by Crippen LogP contribution is 2.22. The van der Waals surface area contributed by atoms with E-state index in [0.717, 1.165) is 23.8 Å². The van der Waals surface area contributed by atoms with E-state index in [1.165, 1.54) is 4.90 Å². The maximum atomic E-state index is 12.0. The molecule has 0 fully saturated rings. The third-order valence-corrected chi connectivity index (χ3v) is 4.27. The molecule has 0 atom stereocenters. The highest BCUT2D eigenvalue weighted by atomic mass is 32.2. The van der Waals surface area contributed by atoms with Crippen molar-refractivity contribution in [2.45, 2.75) is 24.9 Å². The molecule has 0 unspecified atom stereocenters. The van der Waals surface area contributed by atoms with Crippen molar-refractivity contribution in [3.05, 3.63) is 23.9 Å². The maximum absolute atomic E-state index is 12.0. The van der Waals surface area contributed by atoms with E-state index in [2.05, 4.69) is 22.1 Å². The van der Waals surface area contributed by atoms with E-state index in [0.29, 0.717) is 17.2 Å². The van der Waals surface area contributed by atoms with E-state index >= 15 is 0 Å². The van der Waals surface area contributed by atoms with Crippen molar-refractivity contribution in [1.82, 2.24) is 24.6 Å². The summed E-state index contributed by atoms with van der Waals surface area (Å²) in [5, 5.41) is 9.30. The Bertz CT molecular complexity index is 653. The topological polar surface area (TPSA) is 63.9 Å². The fourth-order valence-corrected chi connectivity index (χ4v) is 2.87. The van der Waals surface area contributed by atoms with Crippen molar-refractivity contribution < 1.29 is 4.79 Å². The molecule has 6 nitrogen and oxygen atoms in total. The van der Waals surface area contributed by atoms with Crippen LogP contribution in [0, 0.1) is 0 Å². The van der Waals surface area contributed by atoms with Crippen LogP contribution in [0.5, 0.6) is 0 Å². The zero-order valence-corrected chi connectivity index (χ0v) is 14.2. The maximum Gasteiger partial charge on any atom is 0.271 e. The Morgan fingerprint density at radius 1 is 1.32 bits per heavy atom. The highest BCUT2D eigenvalue weighted by molar-refractivity contribution is 7.99. The van der Waals surface area contributed by atoms with Crippen LogP contribution in [-0.2, 0) is 7.05 Å². The lowest BCUT2D eigenvalue weighted by Crippen LogP contribution is -2.22. The zero-order valence-electron chi connectivity index (χ0n) is 13.4. The van der Waals surface area contributed by atoms with Crippen molar-refractivity contribution in [3.63, 3.8) is 0 Å². The molecule has 118 valence electrons. The first-order valence-electron chi connectivity index (χ1n) is 7.25. The Morgan fingerprint density at radius 2 is 2.09 bits per heavy atom. The normalized spacial score (nSPS) is 10.7. The van der Waals surface area contributed by atoms with Crippen LogP contribution in [-0.4, -0.2) is 50.4 Å². The van der Waals surface area contributed by atoms with E-state index in [-0.39, 0.29) is 5.91 Å². The Morgan fingerprint density at radius 3 is 2.77 bits per heavy atom. The molecule has 0 saturated heterocycles. The monoisotopic (exact) mass is 319 g/mol. The second-order valence-electron chi connectivity index (χ2n) is 5.17. The number of unbranched alkanes of at least 4 members (excludes halogenated alkanes) is 1. The third kappa shape index (κ3) is 3.65. The van der Waals surface area contributed by atoms with Gasteiger partial charge in [-0.2, -0.15) is 0 Å². The summed E-state index contributed by atoms with van der Waals surface area (Å²) < 4.78 is 1.92. The first-order chi connectivity index (χ1) is 10.5. The number of thioether (sulfide) groups is 1. The van der Waals surface area contributed by atoms with Gasteiger partial charge in [-0.15, -0.1) is 10.2 Å². The predicted molar refractivity (Wildman–Crippen MR) is 87.9 cm³/mol. The second-order valence-corrected chi connectivity index (χ2v) is 6.24. The molecule has 0 N–H and O–H groups in total. The lowest BCUT2D eigenvalue weighted by molar-refractivity contribution is 0.0822. The molecule has 0 aromatic carbocycles. The number of carbonyl (C=O) groups excluding carboxylic acids is 1. The highest BCUT2D eigenvalue weighted by Gasteiger charge is 2.15. The first kappa shape index (κ1) is 16.5. The van der Waals surface area contributed by atoms with Crippen LogP contribution >= 0.6 is 11.8 Å². The van der Waals surface area contributed by atoms with E-state index in [1.54, 1.807) is 31.9 Å². The number of hydrogen-bond donors (Lipinski definition) is 0. The average Bonchev–Trinajstić information content (AvgIpc) is 2.88. The standard InChI is InChI=1S/C15H21N5OS/c1-5-6-10-22-15-18-17-13(20(15)4)11-8-7-9-12(16-11)14(21)19(2)3/h7-9H,5-6,10H2,1-4H3. The zero-order chi connectivity index (χ0) is 16.1. The SMILES string of the molecule is CCCCSc1nnc(-c2cccc(C(=O)N(C)C)n2)n1C. The van der Waals surface area contributed by atoms with Gasteiger partial charge in [0.05, 0.1) is 0 Å². The molecule has 7 heteroatoms. The molecule has 1 amide bonds. The van der Waals surface area contributed by atoms with Crippen LogP contribution in [0.25, 0.3) is 11.5 Å². The minimum Gasteiger partial charge on any atom is -0.343 e. The molecular weight excluding hydrogens is 298 g/mol. The fourth-order valence-electron chi connectivity index (χ4n) is 1.88. The van der Waals surface area contributed by atoms with E-state index < -0.39 is 0 Å². The summed E-state index contributed by atoms with van der Waals surface area (Å²) in [5.74, 6) is 1.57. The Hall–Kier alpha value is -1.89. The van der Waals surface area contributed by atoms with Gasteiger partial charge in [-0.25, -0.2) is 4.98 Å². The van der Waals surface area contributed by atoms with Gasteiger partial charge in [0, 0.05) is 26.9 Å². The molecule has 2 heterocycles. The minimum absolute atomic E-state index is 0.124. The van der Waals surface area contributed by atoms with Crippen LogP contribution < -0.4 is 0 Å². The van der Waals surface area contributed by atoms with Crippen LogP contribution in [0.2, 0.25) is 0 Å². The molecule has 0 bridgehead atoms. The van der Waals surface area contributed by atoms with Crippen LogP contribution in [0.1, 0.15) is 30.3 Å². The number of nitrogens with zero attached hydrogens (tertiary/aromatic N) is 5. The minimum atomic E-state index is -0.124. The summed E-state index contributed by atoms with van der Waals surface area (Å²) in [7, 11) is 5.34. The Kier molecular flexibility index (Phi) is 5.54. The van der Waals surface area contributed by atoms with Crippen LogP contribution in [0.3, 0.4) is 0 Å². The lowest BCUT2D eigenvalue weighted by atomic mass is 10.2. The van der Waals surface area contributed by atoms with E-state index in [1.807, 2.05) is 23.7 Å². The Labute approximate surface area is 134 Å². The number of pyridine rings is 1. The van der Waals surface area contributed by atoms with Gasteiger partial charge in [-0.3, -0.25) is 4.79 Å². The predicted octanol–water partition coefficient (Wildman–Crippen LogP) is 2.47. The van der Waals surface area contributed by atoms with Gasteiger partial charge >= 0.3 is 0 Å². The summed E-state index contributed by atoms with van der Waals surface area (Å²) in [4.78, 5) is 17.9. The molecule has 0 aliphatic rings. The lowest BCUT2D eigenvalue weighted by Gasteiger charge is -2.10. The largest absolute Gasteiger partial charge is 0.343 e. The molecule has 2 rings (SSSR count). The van der Waals surface area contributed by atoms with E-state index in [9.17, 15) is 4.79 Å². The van der Waals surface area contributed by atoms with Gasteiger partial charge in [0.15, 0.2) is 11.0 Å². The molecule has 2 aromatic heterocycles. The van der Waals surface area contributed by atoms with Gasteiger partial charge in [-0.1, -0.05) is 31.2 Å². The first-order valence-corrected chi connectivity index (χ1v) is 8.24. The third-order valence-electron chi connectivity index (χ3n) is 3.17. The van der Waals surface area contributed by atoms with Gasteiger partial charge < -0.3 is 9.47 Å². The van der Waals surface area contributed by atoms with Crippen molar-refractivity contribution in [1.29, 1.82) is 0 Å². The summed E-state index contributed by atoms with van der Waals surface area (Å²) in [6.45, 7) is 2.17. The van der Waals surface area contributed by atoms with Crippen molar-refractivity contribution in [2.24, 2.45) is 7.05 Å². The number of hydrogen-bond acceptors (Lipinski definition) is 5. The number of aromatic nitrogens is 4. The Balaban J connectivity index is 2.25. The van der Waals surface area contributed by atoms with Gasteiger partial charge in [0.25, 0.3) is 5.91 Å².